The zero-order chi connectivity index (χ0) is 28.2. The van der Waals surface area contributed by atoms with Gasteiger partial charge in [0.05, 0.1) is 28.1 Å². The molecule has 1 atom stereocenters. The van der Waals surface area contributed by atoms with Crippen molar-refractivity contribution < 1.29 is 45.0 Å². The molecule has 1 saturated carbocycles. The molecule has 1 fully saturated rings. The van der Waals surface area contributed by atoms with Crippen LogP contribution in [0.2, 0.25) is 0 Å². The van der Waals surface area contributed by atoms with Crippen LogP contribution in [0.3, 0.4) is 0 Å². The van der Waals surface area contributed by atoms with Crippen LogP contribution in [-0.4, -0.2) is 32.1 Å². The van der Waals surface area contributed by atoms with Crippen molar-refractivity contribution in [1.29, 1.82) is 0 Å². The van der Waals surface area contributed by atoms with Crippen molar-refractivity contribution >= 4 is 21.7 Å². The molecule has 5 rings (SSSR count). The van der Waals surface area contributed by atoms with Gasteiger partial charge in [0.1, 0.15) is 23.5 Å². The number of benzene rings is 3. The predicted octanol–water partition coefficient (Wildman–Crippen LogP) is 6.25. The Morgan fingerprint density at radius 3 is 2.28 bits per heavy atom. The maximum Gasteiger partial charge on any atom is 0.416 e. The molecule has 0 aromatic heterocycles. The molecule has 1 aliphatic heterocycles. The Hall–Kier alpha value is -3.67. The molecule has 39 heavy (non-hydrogen) atoms. The lowest BCUT2D eigenvalue weighted by Gasteiger charge is -2.43. The van der Waals surface area contributed by atoms with Crippen LogP contribution in [0.1, 0.15) is 31.2 Å². The summed E-state index contributed by atoms with van der Waals surface area (Å²) in [6.07, 6.45) is -4.24. The van der Waals surface area contributed by atoms with Gasteiger partial charge in [0.15, 0.2) is 0 Å². The zero-order valence-electron chi connectivity index (χ0n) is 20.2. The van der Waals surface area contributed by atoms with Crippen molar-refractivity contribution in [3.05, 3.63) is 77.9 Å². The average molecular weight is 568 g/mol. The van der Waals surface area contributed by atoms with E-state index in [9.17, 15) is 40.3 Å². The van der Waals surface area contributed by atoms with Gasteiger partial charge in [-0.2, -0.15) is 13.2 Å². The molecule has 1 aliphatic carbocycles. The van der Waals surface area contributed by atoms with E-state index >= 15 is 0 Å². The van der Waals surface area contributed by atoms with Gasteiger partial charge in [-0.25, -0.2) is 17.2 Å². The first kappa shape index (κ1) is 26.9. The second-order valence-corrected chi connectivity index (χ2v) is 11.6. The fraction of sp³-hybridized carbons (Fsp3) is 0.296. The fourth-order valence-electron chi connectivity index (χ4n) is 5.05. The molecular weight excluding hydrogens is 545 g/mol. The number of hydrogen-bond donors (Lipinski definition) is 1. The van der Waals surface area contributed by atoms with Crippen molar-refractivity contribution in [1.82, 2.24) is 0 Å². The van der Waals surface area contributed by atoms with Crippen LogP contribution in [-0.2, 0) is 21.0 Å². The Labute approximate surface area is 220 Å². The summed E-state index contributed by atoms with van der Waals surface area (Å²) in [5.41, 5.74) is -1.96. The summed E-state index contributed by atoms with van der Waals surface area (Å²) in [5.74, 6) is -2.69. The minimum atomic E-state index is -4.79. The Balaban J connectivity index is 1.61. The van der Waals surface area contributed by atoms with Gasteiger partial charge >= 0.3 is 12.1 Å². The molecule has 2 aliphatic rings. The number of rotatable bonds is 6. The summed E-state index contributed by atoms with van der Waals surface area (Å²) in [6, 6.07) is 10.2. The van der Waals surface area contributed by atoms with E-state index < -0.39 is 55.8 Å². The minimum absolute atomic E-state index is 0.00670. The number of alkyl halides is 3. The summed E-state index contributed by atoms with van der Waals surface area (Å²) < 4.78 is 102. The van der Waals surface area contributed by atoms with E-state index in [0.717, 1.165) is 34.6 Å². The topological polar surface area (TPSA) is 83.9 Å². The molecule has 0 unspecified atom stereocenters. The first-order valence-electron chi connectivity index (χ1n) is 12.0. The molecule has 0 radical (unpaired) electrons. The minimum Gasteiger partial charge on any atom is -0.486 e. The maximum atomic E-state index is 13.9. The third kappa shape index (κ3) is 5.05. The highest BCUT2D eigenvalue weighted by molar-refractivity contribution is 7.92. The van der Waals surface area contributed by atoms with Gasteiger partial charge in [-0.05, 0) is 66.4 Å². The molecule has 0 bridgehead atoms. The molecule has 1 heterocycles. The van der Waals surface area contributed by atoms with Gasteiger partial charge in [-0.15, -0.1) is 0 Å². The summed E-state index contributed by atoms with van der Waals surface area (Å²) >= 11 is 0. The van der Waals surface area contributed by atoms with Crippen LogP contribution in [0.5, 0.6) is 5.75 Å². The molecule has 206 valence electrons. The van der Waals surface area contributed by atoms with Crippen molar-refractivity contribution in [2.75, 3.05) is 10.8 Å². The number of halogens is 5. The Morgan fingerprint density at radius 1 is 1.00 bits per heavy atom. The number of aliphatic carboxylic acids is 1. The highest BCUT2D eigenvalue weighted by atomic mass is 32.2. The van der Waals surface area contributed by atoms with Gasteiger partial charge < -0.3 is 9.84 Å². The summed E-state index contributed by atoms with van der Waals surface area (Å²) in [5, 5.41) is 9.77. The van der Waals surface area contributed by atoms with Gasteiger partial charge in [0, 0.05) is 12.5 Å². The number of carbonyl (C=O) groups is 1. The summed E-state index contributed by atoms with van der Waals surface area (Å²) in [4.78, 5) is 11.3. The second-order valence-electron chi connectivity index (χ2n) is 9.79. The highest BCUT2D eigenvalue weighted by Crippen LogP contribution is 2.48. The molecule has 6 nitrogen and oxygen atoms in total. The van der Waals surface area contributed by atoms with Crippen molar-refractivity contribution in [3.8, 4) is 16.9 Å². The van der Waals surface area contributed by atoms with E-state index in [1.54, 1.807) is 0 Å². The largest absolute Gasteiger partial charge is 0.486 e. The van der Waals surface area contributed by atoms with Gasteiger partial charge in [0.25, 0.3) is 10.0 Å². The Morgan fingerprint density at radius 2 is 1.69 bits per heavy atom. The van der Waals surface area contributed by atoms with E-state index in [4.69, 9.17) is 4.74 Å². The molecule has 0 amide bonds. The average Bonchev–Trinajstić information content (AvgIpc) is 2.84. The van der Waals surface area contributed by atoms with Crippen LogP contribution in [0.15, 0.2) is 65.6 Å². The second kappa shape index (κ2) is 9.51. The first-order chi connectivity index (χ1) is 18.3. The van der Waals surface area contributed by atoms with E-state index in [-0.39, 0.29) is 35.5 Å². The molecule has 0 saturated heterocycles. The van der Waals surface area contributed by atoms with Crippen LogP contribution in [0.4, 0.5) is 27.6 Å². The maximum absolute atomic E-state index is 13.9. The molecule has 3 aromatic rings. The number of ether oxygens (including phenoxy) is 1. The summed E-state index contributed by atoms with van der Waals surface area (Å²) in [6.45, 7) is -0.373. The molecule has 0 spiro atoms. The van der Waals surface area contributed by atoms with E-state index in [1.807, 2.05) is 0 Å². The fourth-order valence-corrected chi connectivity index (χ4v) is 6.60. The standard InChI is InChI=1S/C27H22F5NO5S/c28-19-9-17(10-20(29)13-19)16-5-6-24-23(11-16)33(15-21(38-24)14-26(25(34)35)7-2-8-26)39(36,37)22-4-1-3-18(12-22)27(30,31)32/h1,3-6,9-13,21H,2,7-8,14-15H2,(H,34,35)/t21-/m1/s1. The van der Waals surface area contributed by atoms with Crippen LogP contribution < -0.4 is 9.04 Å². The quantitative estimate of drug-likeness (QED) is 0.356. The third-order valence-corrected chi connectivity index (χ3v) is 8.99. The van der Waals surface area contributed by atoms with Crippen LogP contribution in [0, 0.1) is 17.0 Å². The van der Waals surface area contributed by atoms with Gasteiger partial charge in [-0.3, -0.25) is 9.10 Å². The number of anilines is 1. The van der Waals surface area contributed by atoms with Crippen molar-refractivity contribution in [2.45, 2.75) is 42.9 Å². The highest BCUT2D eigenvalue weighted by Gasteiger charge is 2.48. The first-order valence-corrected chi connectivity index (χ1v) is 13.4. The molecular formula is C27H22F5NO5S. The number of carboxylic acids is 1. The Bertz CT molecular complexity index is 1530. The molecule has 1 N–H and O–H groups in total. The van der Waals surface area contributed by atoms with Crippen LogP contribution >= 0.6 is 0 Å². The SMILES string of the molecule is O=C(O)C1(C[C@@H]2CN(S(=O)(=O)c3cccc(C(F)(F)F)c3)c3cc(-c4cc(F)cc(F)c4)ccc3O2)CCC1. The predicted molar refractivity (Wildman–Crippen MR) is 131 cm³/mol. The van der Waals surface area contributed by atoms with E-state index in [2.05, 4.69) is 0 Å². The lowest BCUT2D eigenvalue weighted by molar-refractivity contribution is -0.156. The number of hydrogen-bond acceptors (Lipinski definition) is 4. The zero-order valence-corrected chi connectivity index (χ0v) is 21.0. The lowest BCUT2D eigenvalue weighted by Crippen LogP contribution is -2.49. The van der Waals surface area contributed by atoms with Gasteiger partial charge in [0.2, 0.25) is 0 Å². The van der Waals surface area contributed by atoms with Crippen LogP contribution in [0.25, 0.3) is 11.1 Å². The lowest BCUT2D eigenvalue weighted by atomic mass is 9.65. The third-order valence-electron chi connectivity index (χ3n) is 7.22. The molecule has 3 aromatic carbocycles. The monoisotopic (exact) mass is 567 g/mol. The van der Waals surface area contributed by atoms with Crippen molar-refractivity contribution in [3.63, 3.8) is 0 Å². The number of sulfonamides is 1. The van der Waals surface area contributed by atoms with Crippen molar-refractivity contribution in [2.24, 2.45) is 5.41 Å². The molecule has 12 heteroatoms. The number of fused-ring (bicyclic) bond motifs is 1. The smallest absolute Gasteiger partial charge is 0.416 e. The number of nitrogens with zero attached hydrogens (tertiary/aromatic N) is 1. The van der Waals surface area contributed by atoms with E-state index in [0.29, 0.717) is 31.4 Å². The number of carboxylic acid groups (broad SMARTS) is 1. The van der Waals surface area contributed by atoms with E-state index in [1.165, 1.54) is 18.2 Å². The summed E-state index contributed by atoms with van der Waals surface area (Å²) in [7, 11) is -4.61. The van der Waals surface area contributed by atoms with Gasteiger partial charge in [-0.1, -0.05) is 18.6 Å². The Kier molecular flexibility index (Phi) is 6.56. The normalized spacial score (nSPS) is 18.6.